The highest BCUT2D eigenvalue weighted by Gasteiger charge is 2.24. The molecule has 6 nitrogen and oxygen atoms in total. The predicted octanol–water partition coefficient (Wildman–Crippen LogP) is 3.58. The van der Waals surface area contributed by atoms with Crippen molar-refractivity contribution in [3.8, 4) is 5.88 Å². The number of ether oxygens (including phenoxy) is 1. The summed E-state index contributed by atoms with van der Waals surface area (Å²) in [6.07, 6.45) is 5.77. The maximum absolute atomic E-state index is 13.0. The molecule has 1 aromatic carbocycles. The standard InChI is InChI=1S/C19H21FN4O2/c1-13-12-24(19(25)23-17-10-22-18(26-2)11-21-17)8-7-15(13)9-14-3-5-16(20)6-4-14/h3-6,9-11,13H,7-8,12H2,1-2H3,(H,21,23,25)/b15-9+. The van der Waals surface area contributed by atoms with Crippen LogP contribution in [0.15, 0.2) is 42.2 Å². The number of piperidine rings is 1. The normalized spacial score (nSPS) is 18.7. The number of likely N-dealkylation sites (tertiary alicyclic amines) is 1. The lowest BCUT2D eigenvalue weighted by atomic mass is 9.91. The molecule has 2 heterocycles. The first-order valence-electron chi connectivity index (χ1n) is 8.43. The van der Waals surface area contributed by atoms with Crippen molar-refractivity contribution in [3.63, 3.8) is 0 Å². The molecule has 7 heteroatoms. The van der Waals surface area contributed by atoms with Gasteiger partial charge in [0.25, 0.3) is 0 Å². The number of methoxy groups -OCH3 is 1. The monoisotopic (exact) mass is 356 g/mol. The number of aromatic nitrogens is 2. The van der Waals surface area contributed by atoms with Crippen molar-refractivity contribution in [1.29, 1.82) is 0 Å². The Morgan fingerprint density at radius 1 is 1.31 bits per heavy atom. The molecule has 3 rings (SSSR count). The number of carbonyl (C=O) groups is 1. The molecule has 2 amide bonds. The Labute approximate surface area is 151 Å². The largest absolute Gasteiger partial charge is 0.480 e. The number of carbonyl (C=O) groups excluding carboxylic acids is 1. The minimum Gasteiger partial charge on any atom is -0.480 e. The van der Waals surface area contributed by atoms with Crippen LogP contribution in [-0.2, 0) is 0 Å². The molecular weight excluding hydrogens is 335 g/mol. The summed E-state index contributed by atoms with van der Waals surface area (Å²) in [7, 11) is 1.51. The minimum absolute atomic E-state index is 0.197. The van der Waals surface area contributed by atoms with E-state index in [0.29, 0.717) is 24.8 Å². The van der Waals surface area contributed by atoms with Crippen LogP contribution in [0.25, 0.3) is 6.08 Å². The van der Waals surface area contributed by atoms with E-state index in [2.05, 4.69) is 28.3 Å². The van der Waals surface area contributed by atoms with Gasteiger partial charge in [-0.3, -0.25) is 5.32 Å². The average molecular weight is 356 g/mol. The van der Waals surface area contributed by atoms with Crippen LogP contribution in [0.2, 0.25) is 0 Å². The van der Waals surface area contributed by atoms with Gasteiger partial charge < -0.3 is 9.64 Å². The highest BCUT2D eigenvalue weighted by Crippen LogP contribution is 2.25. The quantitative estimate of drug-likeness (QED) is 0.913. The molecule has 136 valence electrons. The molecule has 1 saturated heterocycles. The van der Waals surface area contributed by atoms with Gasteiger partial charge in [-0.25, -0.2) is 19.2 Å². The lowest BCUT2D eigenvalue weighted by Gasteiger charge is -2.33. The third-order valence-corrected chi connectivity index (χ3v) is 4.38. The lowest BCUT2D eigenvalue weighted by molar-refractivity contribution is 0.197. The van der Waals surface area contributed by atoms with Crippen LogP contribution >= 0.6 is 0 Å². The molecule has 2 aromatic rings. The molecule has 1 aliphatic heterocycles. The van der Waals surface area contributed by atoms with E-state index in [4.69, 9.17) is 4.74 Å². The SMILES string of the molecule is COc1cnc(NC(=O)N2CC/C(=C\c3ccc(F)cc3)C(C)C2)cn1. The topological polar surface area (TPSA) is 67.3 Å². The number of hydrogen-bond acceptors (Lipinski definition) is 4. The van der Waals surface area contributed by atoms with Crippen LogP contribution in [0.4, 0.5) is 15.0 Å². The second kappa shape index (κ2) is 7.95. The van der Waals surface area contributed by atoms with Crippen LogP contribution in [0.3, 0.4) is 0 Å². The maximum atomic E-state index is 13.0. The van der Waals surface area contributed by atoms with E-state index in [-0.39, 0.29) is 17.8 Å². The number of hydrogen-bond donors (Lipinski definition) is 1. The fraction of sp³-hybridized carbons (Fsp3) is 0.316. The van der Waals surface area contributed by atoms with Crippen LogP contribution in [0.5, 0.6) is 5.88 Å². The summed E-state index contributed by atoms with van der Waals surface area (Å²) in [4.78, 5) is 22.3. The number of rotatable bonds is 3. The second-order valence-electron chi connectivity index (χ2n) is 6.24. The van der Waals surface area contributed by atoms with Crippen molar-refractivity contribution in [1.82, 2.24) is 14.9 Å². The fourth-order valence-electron chi connectivity index (χ4n) is 2.90. The molecule has 0 radical (unpaired) electrons. The number of amides is 2. The highest BCUT2D eigenvalue weighted by molar-refractivity contribution is 5.88. The Bertz CT molecular complexity index is 790. The van der Waals surface area contributed by atoms with Crippen molar-refractivity contribution >= 4 is 17.9 Å². The van der Waals surface area contributed by atoms with Gasteiger partial charge in [0.1, 0.15) is 5.82 Å². The van der Waals surface area contributed by atoms with E-state index in [1.165, 1.54) is 37.2 Å². The molecule has 1 atom stereocenters. The molecule has 1 fully saturated rings. The van der Waals surface area contributed by atoms with Crippen molar-refractivity contribution in [2.45, 2.75) is 13.3 Å². The van der Waals surface area contributed by atoms with Crippen LogP contribution < -0.4 is 10.1 Å². The average Bonchev–Trinajstić information content (AvgIpc) is 2.65. The van der Waals surface area contributed by atoms with Gasteiger partial charge in [-0.15, -0.1) is 0 Å². The molecule has 1 N–H and O–H groups in total. The van der Waals surface area contributed by atoms with Crippen molar-refractivity contribution in [2.24, 2.45) is 5.92 Å². The highest BCUT2D eigenvalue weighted by atomic mass is 19.1. The first-order chi connectivity index (χ1) is 12.5. The molecule has 0 aliphatic carbocycles. The fourth-order valence-corrected chi connectivity index (χ4v) is 2.90. The van der Waals surface area contributed by atoms with Crippen LogP contribution in [-0.4, -0.2) is 41.1 Å². The Morgan fingerprint density at radius 2 is 2.08 bits per heavy atom. The van der Waals surface area contributed by atoms with Gasteiger partial charge in [0.15, 0.2) is 5.82 Å². The Kier molecular flexibility index (Phi) is 5.46. The van der Waals surface area contributed by atoms with E-state index in [1.54, 1.807) is 17.0 Å². The van der Waals surface area contributed by atoms with Crippen molar-refractivity contribution in [2.75, 3.05) is 25.5 Å². The summed E-state index contributed by atoms with van der Waals surface area (Å²) in [6.45, 7) is 3.32. The van der Waals surface area contributed by atoms with Gasteiger partial charge in [-0.05, 0) is 30.0 Å². The van der Waals surface area contributed by atoms with Gasteiger partial charge in [0, 0.05) is 13.1 Å². The summed E-state index contributed by atoms with van der Waals surface area (Å²) in [6, 6.07) is 6.23. The van der Waals surface area contributed by atoms with Gasteiger partial charge in [0.2, 0.25) is 5.88 Å². The predicted molar refractivity (Wildman–Crippen MR) is 97.3 cm³/mol. The molecule has 1 unspecified atom stereocenters. The smallest absolute Gasteiger partial charge is 0.323 e. The summed E-state index contributed by atoms with van der Waals surface area (Å²) in [5, 5.41) is 2.75. The number of halogens is 1. The second-order valence-corrected chi connectivity index (χ2v) is 6.24. The Balaban J connectivity index is 1.60. The van der Waals surface area contributed by atoms with Crippen LogP contribution in [0, 0.1) is 11.7 Å². The molecule has 1 aromatic heterocycles. The summed E-state index contributed by atoms with van der Waals surface area (Å²) in [5.41, 5.74) is 2.23. The number of nitrogens with zero attached hydrogens (tertiary/aromatic N) is 3. The van der Waals surface area contributed by atoms with E-state index in [9.17, 15) is 9.18 Å². The number of anilines is 1. The van der Waals surface area contributed by atoms with E-state index < -0.39 is 0 Å². The van der Waals surface area contributed by atoms with Gasteiger partial charge in [-0.1, -0.05) is 30.7 Å². The van der Waals surface area contributed by atoms with Crippen molar-refractivity contribution in [3.05, 3.63) is 53.6 Å². The number of benzene rings is 1. The summed E-state index contributed by atoms with van der Waals surface area (Å²) < 4.78 is 18.0. The minimum atomic E-state index is -0.242. The zero-order valence-electron chi connectivity index (χ0n) is 14.8. The molecule has 1 aliphatic rings. The zero-order chi connectivity index (χ0) is 18.5. The first kappa shape index (κ1) is 17.8. The molecule has 26 heavy (non-hydrogen) atoms. The third kappa shape index (κ3) is 4.36. The van der Waals surface area contributed by atoms with Crippen molar-refractivity contribution < 1.29 is 13.9 Å². The molecule has 0 bridgehead atoms. The maximum Gasteiger partial charge on any atom is 0.323 e. The van der Waals surface area contributed by atoms with Crippen LogP contribution in [0.1, 0.15) is 18.9 Å². The number of nitrogens with one attached hydrogen (secondary N) is 1. The third-order valence-electron chi connectivity index (χ3n) is 4.38. The van der Waals surface area contributed by atoms with Gasteiger partial charge >= 0.3 is 6.03 Å². The van der Waals surface area contributed by atoms with Gasteiger partial charge in [-0.2, -0.15) is 0 Å². The van der Waals surface area contributed by atoms with E-state index >= 15 is 0 Å². The zero-order valence-corrected chi connectivity index (χ0v) is 14.8. The van der Waals surface area contributed by atoms with E-state index in [1.807, 2.05) is 0 Å². The van der Waals surface area contributed by atoms with Gasteiger partial charge in [0.05, 0.1) is 19.5 Å². The Morgan fingerprint density at radius 3 is 2.69 bits per heavy atom. The summed E-state index contributed by atoms with van der Waals surface area (Å²) in [5.74, 6) is 0.760. The lowest BCUT2D eigenvalue weighted by Crippen LogP contribution is -2.42. The Hall–Kier alpha value is -2.96. The summed E-state index contributed by atoms with van der Waals surface area (Å²) >= 11 is 0. The molecular formula is C19H21FN4O2. The van der Waals surface area contributed by atoms with E-state index in [0.717, 1.165) is 12.0 Å². The molecule has 0 saturated carbocycles. The first-order valence-corrected chi connectivity index (χ1v) is 8.43. The molecule has 0 spiro atoms. The number of urea groups is 1.